The van der Waals surface area contributed by atoms with Gasteiger partial charge in [0.2, 0.25) is 5.91 Å². The number of aliphatic carboxylic acids is 1. The number of carboxylic acid groups (broad SMARTS) is 1. The van der Waals surface area contributed by atoms with E-state index in [2.05, 4.69) is 12.2 Å². The molecule has 0 aromatic carbocycles. The Morgan fingerprint density at radius 1 is 1.30 bits per heavy atom. The topological polar surface area (TPSA) is 83.5 Å². The van der Waals surface area contributed by atoms with Crippen molar-refractivity contribution in [1.82, 2.24) is 5.32 Å². The second-order valence-electron chi connectivity index (χ2n) is 6.84. The predicted molar refractivity (Wildman–Crippen MR) is 89.0 cm³/mol. The first-order chi connectivity index (χ1) is 10.9. The van der Waals surface area contributed by atoms with Crippen LogP contribution < -0.4 is 5.32 Å². The van der Waals surface area contributed by atoms with Gasteiger partial charge in [0.25, 0.3) is 0 Å². The van der Waals surface area contributed by atoms with Crippen molar-refractivity contribution in [2.24, 2.45) is 17.8 Å². The Bertz CT molecular complexity index is 421. The van der Waals surface area contributed by atoms with Gasteiger partial charge >= 0.3 is 5.97 Å². The highest BCUT2D eigenvalue weighted by molar-refractivity contribution is 5.87. The molecule has 132 valence electrons. The van der Waals surface area contributed by atoms with Crippen LogP contribution in [0.1, 0.15) is 72.1 Å². The number of rotatable bonds is 10. The van der Waals surface area contributed by atoms with Crippen LogP contribution in [0.4, 0.5) is 0 Å². The smallest absolute Gasteiger partial charge is 0.326 e. The van der Waals surface area contributed by atoms with E-state index in [1.807, 2.05) is 13.8 Å². The summed E-state index contributed by atoms with van der Waals surface area (Å²) in [6.45, 7) is 5.86. The maximum absolute atomic E-state index is 12.2. The lowest BCUT2D eigenvalue weighted by molar-refractivity contribution is -0.143. The first kappa shape index (κ1) is 19.7. The summed E-state index contributed by atoms with van der Waals surface area (Å²) < 4.78 is 0. The van der Waals surface area contributed by atoms with Gasteiger partial charge in [-0.2, -0.15) is 0 Å². The van der Waals surface area contributed by atoms with Gasteiger partial charge in [-0.1, -0.05) is 46.5 Å². The van der Waals surface area contributed by atoms with Gasteiger partial charge in [-0.05, 0) is 24.7 Å². The third-order valence-electron chi connectivity index (χ3n) is 5.11. The van der Waals surface area contributed by atoms with Crippen LogP contribution in [-0.2, 0) is 14.4 Å². The first-order valence-corrected chi connectivity index (χ1v) is 8.95. The van der Waals surface area contributed by atoms with Crippen LogP contribution in [-0.4, -0.2) is 28.8 Å². The highest BCUT2D eigenvalue weighted by Gasteiger charge is 2.36. The summed E-state index contributed by atoms with van der Waals surface area (Å²) in [5.74, 6) is -1.00. The van der Waals surface area contributed by atoms with Crippen molar-refractivity contribution in [3.63, 3.8) is 0 Å². The lowest BCUT2D eigenvalue weighted by atomic mass is 9.87. The number of hydrogen-bond acceptors (Lipinski definition) is 3. The fourth-order valence-electron chi connectivity index (χ4n) is 3.39. The molecule has 1 aliphatic carbocycles. The van der Waals surface area contributed by atoms with Crippen molar-refractivity contribution >= 4 is 17.7 Å². The average molecular weight is 325 g/mol. The summed E-state index contributed by atoms with van der Waals surface area (Å²) >= 11 is 0. The van der Waals surface area contributed by atoms with Crippen LogP contribution in [0.15, 0.2) is 0 Å². The molecule has 4 unspecified atom stereocenters. The Balaban J connectivity index is 2.57. The van der Waals surface area contributed by atoms with Crippen LogP contribution >= 0.6 is 0 Å². The van der Waals surface area contributed by atoms with E-state index in [0.29, 0.717) is 12.8 Å². The first-order valence-electron chi connectivity index (χ1n) is 8.95. The van der Waals surface area contributed by atoms with Crippen LogP contribution in [0, 0.1) is 17.8 Å². The molecule has 2 N–H and O–H groups in total. The molecule has 0 heterocycles. The number of carbonyl (C=O) groups excluding carboxylic acids is 2. The Kier molecular flexibility index (Phi) is 8.28. The number of hydrogen-bond donors (Lipinski definition) is 2. The number of carboxylic acids is 1. The van der Waals surface area contributed by atoms with Crippen molar-refractivity contribution in [3.05, 3.63) is 0 Å². The van der Waals surface area contributed by atoms with Gasteiger partial charge in [0.1, 0.15) is 11.8 Å². The van der Waals surface area contributed by atoms with Gasteiger partial charge < -0.3 is 10.4 Å². The van der Waals surface area contributed by atoms with E-state index in [9.17, 15) is 19.5 Å². The van der Waals surface area contributed by atoms with E-state index in [4.69, 9.17) is 0 Å². The van der Waals surface area contributed by atoms with Gasteiger partial charge in [-0.3, -0.25) is 9.59 Å². The van der Waals surface area contributed by atoms with Crippen molar-refractivity contribution in [2.45, 2.75) is 78.2 Å². The number of Topliss-reactive ketones (excluding diaryl/α,β-unsaturated/α-hetero) is 1. The second kappa shape index (κ2) is 9.68. The maximum atomic E-state index is 12.2. The fourth-order valence-corrected chi connectivity index (χ4v) is 3.39. The molecule has 1 fully saturated rings. The largest absolute Gasteiger partial charge is 0.480 e. The molecule has 1 amide bonds. The molecule has 0 aromatic rings. The number of amides is 1. The lowest BCUT2D eigenvalue weighted by Crippen LogP contribution is -2.45. The molecule has 5 nitrogen and oxygen atoms in total. The third kappa shape index (κ3) is 5.96. The van der Waals surface area contributed by atoms with Crippen molar-refractivity contribution in [3.8, 4) is 0 Å². The molecule has 4 atom stereocenters. The summed E-state index contributed by atoms with van der Waals surface area (Å²) in [5.41, 5.74) is 0. The van der Waals surface area contributed by atoms with E-state index in [1.54, 1.807) is 0 Å². The van der Waals surface area contributed by atoms with Crippen LogP contribution in [0.5, 0.6) is 0 Å². The van der Waals surface area contributed by atoms with Crippen LogP contribution in [0.25, 0.3) is 0 Å². The third-order valence-corrected chi connectivity index (χ3v) is 5.11. The molecule has 1 saturated carbocycles. The molecule has 1 rings (SSSR count). The number of carbonyl (C=O) groups is 3. The maximum Gasteiger partial charge on any atom is 0.326 e. The van der Waals surface area contributed by atoms with E-state index in [-0.39, 0.29) is 35.9 Å². The number of ketones is 1. The minimum Gasteiger partial charge on any atom is -0.480 e. The van der Waals surface area contributed by atoms with Gasteiger partial charge in [-0.25, -0.2) is 4.79 Å². The van der Waals surface area contributed by atoms with E-state index in [0.717, 1.165) is 32.1 Å². The summed E-state index contributed by atoms with van der Waals surface area (Å²) in [5, 5.41) is 11.9. The molecule has 0 aliphatic heterocycles. The molecule has 0 spiro atoms. The normalized spacial score (nSPS) is 23.5. The molecular formula is C18H31NO4. The minimum absolute atomic E-state index is 0.0147. The van der Waals surface area contributed by atoms with Crippen molar-refractivity contribution in [2.75, 3.05) is 0 Å². The molecule has 0 bridgehead atoms. The molecular weight excluding hydrogens is 294 g/mol. The Morgan fingerprint density at radius 2 is 2.00 bits per heavy atom. The minimum atomic E-state index is -0.991. The SMILES string of the molecule is CCCCCC1C(=O)CCC1CC(=O)NC(C(=O)O)C(C)CC. The zero-order valence-electron chi connectivity index (χ0n) is 14.6. The number of unbranched alkanes of at least 4 members (excludes halogenated alkanes) is 2. The van der Waals surface area contributed by atoms with E-state index >= 15 is 0 Å². The highest BCUT2D eigenvalue weighted by Crippen LogP contribution is 2.35. The van der Waals surface area contributed by atoms with Gasteiger partial charge in [0, 0.05) is 18.8 Å². The van der Waals surface area contributed by atoms with Gasteiger partial charge in [0.05, 0.1) is 0 Å². The Labute approximate surface area is 139 Å². The predicted octanol–water partition coefficient (Wildman–Crippen LogP) is 3.17. The average Bonchev–Trinajstić information content (AvgIpc) is 2.84. The molecule has 1 aliphatic rings. The Hall–Kier alpha value is -1.39. The molecule has 0 saturated heterocycles. The summed E-state index contributed by atoms with van der Waals surface area (Å²) in [6.07, 6.45) is 6.38. The molecule has 23 heavy (non-hydrogen) atoms. The second-order valence-corrected chi connectivity index (χ2v) is 6.84. The lowest BCUT2D eigenvalue weighted by Gasteiger charge is -2.22. The summed E-state index contributed by atoms with van der Waals surface area (Å²) in [4.78, 5) is 35.5. The number of nitrogens with one attached hydrogen (secondary N) is 1. The molecule has 0 aromatic heterocycles. The highest BCUT2D eigenvalue weighted by atomic mass is 16.4. The van der Waals surface area contributed by atoms with Crippen molar-refractivity contribution in [1.29, 1.82) is 0 Å². The zero-order chi connectivity index (χ0) is 17.4. The van der Waals surface area contributed by atoms with Gasteiger partial charge in [-0.15, -0.1) is 0 Å². The van der Waals surface area contributed by atoms with Crippen LogP contribution in [0.3, 0.4) is 0 Å². The fraction of sp³-hybridized carbons (Fsp3) is 0.833. The molecule has 5 heteroatoms. The zero-order valence-corrected chi connectivity index (χ0v) is 14.6. The van der Waals surface area contributed by atoms with Crippen molar-refractivity contribution < 1.29 is 19.5 Å². The summed E-state index contributed by atoms with van der Waals surface area (Å²) in [7, 11) is 0. The van der Waals surface area contributed by atoms with E-state index in [1.165, 1.54) is 0 Å². The Morgan fingerprint density at radius 3 is 2.57 bits per heavy atom. The monoisotopic (exact) mass is 325 g/mol. The van der Waals surface area contributed by atoms with E-state index < -0.39 is 12.0 Å². The molecule has 0 radical (unpaired) electrons. The van der Waals surface area contributed by atoms with Crippen LogP contribution in [0.2, 0.25) is 0 Å². The standard InChI is InChI=1S/C18H31NO4/c1-4-6-7-8-14-13(9-10-15(14)20)11-16(21)19-17(18(22)23)12(3)5-2/h12-14,17H,4-11H2,1-3H3,(H,19,21)(H,22,23). The van der Waals surface area contributed by atoms with Gasteiger partial charge in [0.15, 0.2) is 0 Å². The summed E-state index contributed by atoms with van der Waals surface area (Å²) in [6, 6.07) is -0.844. The quantitative estimate of drug-likeness (QED) is 0.604.